The molecule has 9 heteroatoms. The normalized spacial score (nSPS) is 15.9. The molecular weight excluding hydrogens is 346 g/mol. The van der Waals surface area contributed by atoms with E-state index in [-0.39, 0.29) is 10.6 Å². The quantitative estimate of drug-likeness (QED) is 0.392. The third-order valence-electron chi connectivity index (χ3n) is 4.29. The van der Waals surface area contributed by atoms with E-state index < -0.39 is 14.9 Å². The van der Waals surface area contributed by atoms with Gasteiger partial charge >= 0.3 is 0 Å². The van der Waals surface area contributed by atoms with E-state index in [9.17, 15) is 18.5 Å². The Balaban J connectivity index is 1.89. The molecule has 1 aliphatic carbocycles. The third-order valence-corrected chi connectivity index (χ3v) is 5.70. The van der Waals surface area contributed by atoms with Gasteiger partial charge in [0.15, 0.2) is 0 Å². The van der Waals surface area contributed by atoms with Crippen LogP contribution in [0.25, 0.3) is 0 Å². The second-order valence-electron chi connectivity index (χ2n) is 6.05. The van der Waals surface area contributed by atoms with E-state index in [1.807, 2.05) is 0 Å². The molecule has 0 aromatic heterocycles. The van der Waals surface area contributed by atoms with Crippen LogP contribution in [0.5, 0.6) is 0 Å². The van der Waals surface area contributed by atoms with E-state index in [0.717, 1.165) is 25.3 Å². The molecule has 1 aromatic carbocycles. The summed E-state index contributed by atoms with van der Waals surface area (Å²) in [6.45, 7) is 1.13. The highest BCUT2D eigenvalue weighted by atomic mass is 32.2. The topological polar surface area (TPSA) is 111 Å². The lowest BCUT2D eigenvalue weighted by atomic mass is 9.98. The Morgan fingerprint density at radius 3 is 2.64 bits per heavy atom. The summed E-state index contributed by atoms with van der Waals surface area (Å²) in [4.78, 5) is 10.5. The van der Waals surface area contributed by atoms with Gasteiger partial charge in [-0.05, 0) is 38.4 Å². The molecule has 25 heavy (non-hydrogen) atoms. The number of hydrogen-bond acceptors (Lipinski definition) is 6. The van der Waals surface area contributed by atoms with E-state index in [1.165, 1.54) is 38.4 Å². The van der Waals surface area contributed by atoms with E-state index in [4.69, 9.17) is 4.74 Å². The lowest BCUT2D eigenvalue weighted by Gasteiger charge is -2.22. The largest absolute Gasteiger partial charge is 0.379 e. The van der Waals surface area contributed by atoms with Crippen molar-refractivity contribution >= 4 is 21.4 Å². The molecule has 140 valence electrons. The first kappa shape index (κ1) is 19.6. The zero-order chi connectivity index (χ0) is 18.3. The fourth-order valence-corrected chi connectivity index (χ4v) is 3.62. The van der Waals surface area contributed by atoms with Gasteiger partial charge in [0.1, 0.15) is 5.69 Å². The third kappa shape index (κ3) is 5.65. The summed E-state index contributed by atoms with van der Waals surface area (Å²) in [5.74, 6) is 0. The highest BCUT2D eigenvalue weighted by molar-refractivity contribution is 7.89. The van der Waals surface area contributed by atoms with E-state index in [1.54, 1.807) is 0 Å². The molecule has 0 atom stereocenters. The van der Waals surface area contributed by atoms with Crippen LogP contribution in [0.3, 0.4) is 0 Å². The molecule has 0 bridgehead atoms. The van der Waals surface area contributed by atoms with Crippen LogP contribution in [0, 0.1) is 10.1 Å². The Labute approximate surface area is 148 Å². The molecule has 0 heterocycles. The predicted molar refractivity (Wildman–Crippen MR) is 95.3 cm³/mol. The lowest BCUT2D eigenvalue weighted by Crippen LogP contribution is -2.19. The van der Waals surface area contributed by atoms with Crippen LogP contribution in [0.4, 0.5) is 11.4 Å². The molecule has 0 spiro atoms. The van der Waals surface area contributed by atoms with Crippen LogP contribution in [-0.4, -0.2) is 39.6 Å². The van der Waals surface area contributed by atoms with Gasteiger partial charge in [0, 0.05) is 19.2 Å². The minimum atomic E-state index is -3.71. The van der Waals surface area contributed by atoms with Gasteiger partial charge in [-0.3, -0.25) is 10.1 Å². The number of nitro benzene ring substituents is 1. The van der Waals surface area contributed by atoms with Crippen LogP contribution in [0.1, 0.15) is 38.5 Å². The summed E-state index contributed by atoms with van der Waals surface area (Å²) < 4.78 is 31.5. The van der Waals surface area contributed by atoms with Gasteiger partial charge in [0.05, 0.1) is 15.9 Å². The average Bonchev–Trinajstić information content (AvgIpc) is 2.62. The summed E-state index contributed by atoms with van der Waals surface area (Å²) in [6.07, 6.45) is 7.01. The van der Waals surface area contributed by atoms with Gasteiger partial charge in [0.25, 0.3) is 5.69 Å². The molecule has 2 rings (SSSR count). The summed E-state index contributed by atoms with van der Waals surface area (Å²) in [7, 11) is -2.45. The summed E-state index contributed by atoms with van der Waals surface area (Å²) in [5, 5.41) is 14.2. The van der Waals surface area contributed by atoms with E-state index >= 15 is 0 Å². The standard InChI is InChI=1S/C16H25N3O5S/c1-17-25(22,23)14-8-9-15(16(12-14)19(20)21)18-10-5-11-24-13-6-3-2-4-7-13/h8-9,12-13,17-18H,2-7,10-11H2,1H3. The zero-order valence-electron chi connectivity index (χ0n) is 14.4. The summed E-state index contributed by atoms with van der Waals surface area (Å²) >= 11 is 0. The predicted octanol–water partition coefficient (Wildman–Crippen LogP) is 2.65. The van der Waals surface area contributed by atoms with Gasteiger partial charge < -0.3 is 10.1 Å². The fourth-order valence-electron chi connectivity index (χ4n) is 2.87. The molecule has 8 nitrogen and oxygen atoms in total. The van der Waals surface area contributed by atoms with Crippen molar-refractivity contribution in [3.05, 3.63) is 28.3 Å². The minimum absolute atomic E-state index is 0.132. The molecule has 0 aliphatic heterocycles. The Hall–Kier alpha value is -1.71. The van der Waals surface area contributed by atoms with Gasteiger partial charge in [-0.2, -0.15) is 0 Å². The Morgan fingerprint density at radius 2 is 2.00 bits per heavy atom. The number of hydrogen-bond donors (Lipinski definition) is 2. The number of ether oxygens (including phenoxy) is 1. The molecular formula is C16H25N3O5S. The van der Waals surface area contributed by atoms with E-state index in [2.05, 4.69) is 10.0 Å². The monoisotopic (exact) mass is 371 g/mol. The maximum absolute atomic E-state index is 11.8. The van der Waals surface area contributed by atoms with Gasteiger partial charge in [-0.1, -0.05) is 19.3 Å². The maximum Gasteiger partial charge on any atom is 0.293 e. The first-order valence-electron chi connectivity index (χ1n) is 8.51. The van der Waals surface area contributed by atoms with Crippen molar-refractivity contribution in [1.29, 1.82) is 0 Å². The molecule has 1 saturated carbocycles. The van der Waals surface area contributed by atoms with Gasteiger partial charge in [-0.25, -0.2) is 13.1 Å². The van der Waals surface area contributed by atoms with Gasteiger partial charge in [0.2, 0.25) is 10.0 Å². The van der Waals surface area contributed by atoms with Crippen LogP contribution in [-0.2, 0) is 14.8 Å². The van der Waals surface area contributed by atoms with Crippen LogP contribution < -0.4 is 10.0 Å². The number of anilines is 1. The number of nitrogens with zero attached hydrogens (tertiary/aromatic N) is 1. The van der Waals surface area contributed by atoms with Crippen molar-refractivity contribution in [2.45, 2.75) is 49.5 Å². The number of benzene rings is 1. The summed E-state index contributed by atoms with van der Waals surface area (Å²) in [6, 6.07) is 3.83. The first-order chi connectivity index (χ1) is 11.9. The number of sulfonamides is 1. The maximum atomic E-state index is 11.8. The molecule has 0 saturated heterocycles. The second-order valence-corrected chi connectivity index (χ2v) is 7.94. The first-order valence-corrected chi connectivity index (χ1v) is 10.00. The molecule has 2 N–H and O–H groups in total. The number of nitro groups is 1. The van der Waals surface area contributed by atoms with Crippen molar-refractivity contribution in [3.8, 4) is 0 Å². The molecule has 1 fully saturated rings. The van der Waals surface area contributed by atoms with Crippen LogP contribution in [0.2, 0.25) is 0 Å². The average molecular weight is 371 g/mol. The number of rotatable bonds is 9. The van der Waals surface area contributed by atoms with Crippen LogP contribution >= 0.6 is 0 Å². The van der Waals surface area contributed by atoms with Crippen molar-refractivity contribution in [3.63, 3.8) is 0 Å². The highest BCUT2D eigenvalue weighted by Crippen LogP contribution is 2.27. The van der Waals surface area contributed by atoms with Gasteiger partial charge in [-0.15, -0.1) is 0 Å². The molecule has 0 unspecified atom stereocenters. The van der Waals surface area contributed by atoms with E-state index in [0.29, 0.717) is 24.9 Å². The summed E-state index contributed by atoms with van der Waals surface area (Å²) in [5.41, 5.74) is 0.0437. The smallest absolute Gasteiger partial charge is 0.293 e. The minimum Gasteiger partial charge on any atom is -0.379 e. The lowest BCUT2D eigenvalue weighted by molar-refractivity contribution is -0.384. The molecule has 1 aliphatic rings. The molecule has 0 amide bonds. The molecule has 0 radical (unpaired) electrons. The fraction of sp³-hybridized carbons (Fsp3) is 0.625. The highest BCUT2D eigenvalue weighted by Gasteiger charge is 2.20. The SMILES string of the molecule is CNS(=O)(=O)c1ccc(NCCCOC2CCCCC2)c([N+](=O)[O-])c1. The van der Waals surface area contributed by atoms with Crippen molar-refractivity contribution in [1.82, 2.24) is 4.72 Å². The number of nitrogens with one attached hydrogen (secondary N) is 2. The zero-order valence-corrected chi connectivity index (χ0v) is 15.2. The Bertz CT molecular complexity index is 687. The van der Waals surface area contributed by atoms with Crippen molar-refractivity contribution in [2.75, 3.05) is 25.5 Å². The van der Waals surface area contributed by atoms with Crippen LogP contribution in [0.15, 0.2) is 23.1 Å². The Morgan fingerprint density at radius 1 is 1.28 bits per heavy atom. The van der Waals surface area contributed by atoms with Crippen molar-refractivity contribution in [2.24, 2.45) is 0 Å². The van der Waals surface area contributed by atoms with Crippen molar-refractivity contribution < 1.29 is 18.1 Å². The molecule has 1 aromatic rings. The second kappa shape index (κ2) is 9.12. The Kier molecular flexibility index (Phi) is 7.15.